The van der Waals surface area contributed by atoms with Gasteiger partial charge in [-0.1, -0.05) is 56.2 Å². The van der Waals surface area contributed by atoms with Crippen molar-refractivity contribution in [1.29, 1.82) is 0 Å². The zero-order valence-corrected chi connectivity index (χ0v) is 22.8. The van der Waals surface area contributed by atoms with Crippen LogP contribution >= 0.6 is 0 Å². The molecule has 13 heteroatoms. The topological polar surface area (TPSA) is 132 Å². The van der Waals surface area contributed by atoms with E-state index in [1.807, 2.05) is 25.1 Å². The van der Waals surface area contributed by atoms with Crippen LogP contribution in [-0.2, 0) is 19.8 Å². The third-order valence-corrected chi connectivity index (χ3v) is 7.39. The predicted molar refractivity (Wildman–Crippen MR) is 142 cm³/mol. The molecule has 0 fully saturated rings. The number of alkyl halides is 3. The summed E-state index contributed by atoms with van der Waals surface area (Å²) in [5.74, 6) is -1.91. The lowest BCUT2D eigenvalue weighted by Crippen LogP contribution is -2.38. The van der Waals surface area contributed by atoms with E-state index in [9.17, 15) is 26.4 Å². The summed E-state index contributed by atoms with van der Waals surface area (Å²) in [4.78, 5) is 28.2. The molecule has 0 radical (unpaired) electrons. The van der Waals surface area contributed by atoms with Crippen molar-refractivity contribution < 1.29 is 36.3 Å². The monoisotopic (exact) mass is 570 g/mol. The fourth-order valence-electron chi connectivity index (χ4n) is 3.58. The number of hydrogen-bond acceptors (Lipinski definition) is 5. The highest BCUT2D eigenvalue weighted by molar-refractivity contribution is 7.87. The molecule has 1 atom stereocenters. The third kappa shape index (κ3) is 10.1. The molecule has 0 aliphatic carbocycles. The van der Waals surface area contributed by atoms with Crippen LogP contribution in [0, 0.1) is 0 Å². The Hall–Kier alpha value is -3.29. The Morgan fingerprint density at radius 2 is 1.72 bits per heavy atom. The van der Waals surface area contributed by atoms with Crippen LogP contribution in [0.5, 0.6) is 0 Å². The molecule has 0 saturated carbocycles. The quantitative estimate of drug-likeness (QED) is 0.256. The van der Waals surface area contributed by atoms with E-state index in [0.29, 0.717) is 25.1 Å². The highest BCUT2D eigenvalue weighted by atomic mass is 32.2. The predicted octanol–water partition coefficient (Wildman–Crippen LogP) is 5.23. The first kappa shape index (κ1) is 31.9. The van der Waals surface area contributed by atoms with E-state index in [-0.39, 0.29) is 5.78 Å². The summed E-state index contributed by atoms with van der Waals surface area (Å²) < 4.78 is 60.6. The number of carboxylic acid groups (broad SMARTS) is 1. The fraction of sp³-hybridized carbons (Fsp3) is 0.423. The van der Waals surface area contributed by atoms with Crippen LogP contribution in [0.3, 0.4) is 0 Å². The molecule has 0 spiro atoms. The molecular weight excluding hydrogens is 537 g/mol. The van der Waals surface area contributed by atoms with Gasteiger partial charge in [0.05, 0.1) is 17.9 Å². The highest BCUT2D eigenvalue weighted by Crippen LogP contribution is 2.26. The lowest BCUT2D eigenvalue weighted by atomic mass is 10.0. The number of benzene rings is 2. The summed E-state index contributed by atoms with van der Waals surface area (Å²) in [6, 6.07) is 13.9. The molecule has 0 amide bonds. The minimum Gasteiger partial charge on any atom is -0.475 e. The number of nitrogens with one attached hydrogen (secondary N) is 2. The number of imidazole rings is 1. The molecule has 0 saturated heterocycles. The molecule has 1 aromatic heterocycles. The van der Waals surface area contributed by atoms with Gasteiger partial charge < -0.3 is 10.1 Å². The van der Waals surface area contributed by atoms with Gasteiger partial charge in [-0.25, -0.2) is 9.78 Å². The second-order valence-corrected chi connectivity index (χ2v) is 10.9. The lowest BCUT2D eigenvalue weighted by molar-refractivity contribution is -0.192. The smallest absolute Gasteiger partial charge is 0.475 e. The molecule has 2 aromatic carbocycles. The van der Waals surface area contributed by atoms with Crippen LogP contribution in [0.1, 0.15) is 57.3 Å². The molecular formula is C26H33F3N4O5S. The number of ketones is 1. The Kier molecular flexibility index (Phi) is 11.6. The zero-order valence-electron chi connectivity index (χ0n) is 22.0. The number of unbranched alkanes of at least 4 members (excludes halogenated alkanes) is 2. The van der Waals surface area contributed by atoms with Crippen LogP contribution in [0.25, 0.3) is 22.0 Å². The number of rotatable bonds is 12. The van der Waals surface area contributed by atoms with Gasteiger partial charge >= 0.3 is 12.1 Å². The van der Waals surface area contributed by atoms with Crippen LogP contribution in [0.2, 0.25) is 0 Å². The second-order valence-electron chi connectivity index (χ2n) is 9.00. The zero-order chi connectivity index (χ0) is 29.2. The van der Waals surface area contributed by atoms with Crippen molar-refractivity contribution in [2.75, 3.05) is 14.1 Å². The van der Waals surface area contributed by atoms with E-state index in [1.54, 1.807) is 6.20 Å². The molecule has 3 aromatic rings. The number of carbonyl (C=O) groups is 2. The first-order valence-corrected chi connectivity index (χ1v) is 13.7. The fourth-order valence-corrected chi connectivity index (χ4v) is 4.38. The van der Waals surface area contributed by atoms with E-state index in [2.05, 4.69) is 39.0 Å². The van der Waals surface area contributed by atoms with Crippen molar-refractivity contribution in [1.82, 2.24) is 19.0 Å². The Balaban J connectivity index is 0.000000673. The van der Waals surface area contributed by atoms with Crippen molar-refractivity contribution >= 4 is 32.7 Å². The average molecular weight is 571 g/mol. The van der Waals surface area contributed by atoms with Crippen LogP contribution in [0.4, 0.5) is 13.2 Å². The summed E-state index contributed by atoms with van der Waals surface area (Å²) in [7, 11) is -0.624. The number of carbonyl (C=O) groups excluding carboxylic acids is 1. The standard InChI is InChI=1S/C24H32N4O3S.C2HF3O2/c1-4-21(29)12-6-5-7-13-22(27-32(30,31)28(2)3)24-25-17-23(26-24)20-15-14-18-10-8-9-11-19(18)16-20;3-2(4,5)1(6)7/h8-11,14-17,22,27H,4-7,12-13H2,1-3H3,(H,25,26);(H,6,7)/t22-;/m0./s1. The van der Waals surface area contributed by atoms with Gasteiger partial charge in [-0.3, -0.25) is 4.79 Å². The summed E-state index contributed by atoms with van der Waals surface area (Å²) >= 11 is 0. The molecule has 39 heavy (non-hydrogen) atoms. The van der Waals surface area contributed by atoms with E-state index >= 15 is 0 Å². The Bertz CT molecular complexity index is 1360. The highest BCUT2D eigenvalue weighted by Gasteiger charge is 2.38. The van der Waals surface area contributed by atoms with Gasteiger partial charge in [0.25, 0.3) is 10.2 Å². The summed E-state index contributed by atoms with van der Waals surface area (Å²) in [5, 5.41) is 9.42. The summed E-state index contributed by atoms with van der Waals surface area (Å²) in [5.41, 5.74) is 1.84. The number of fused-ring (bicyclic) bond motifs is 1. The van der Waals surface area contributed by atoms with Gasteiger partial charge in [-0.05, 0) is 29.7 Å². The number of halogens is 3. The summed E-state index contributed by atoms with van der Waals surface area (Å²) in [6.07, 6.45) is 0.884. The van der Waals surface area contributed by atoms with Crippen molar-refractivity contribution in [3.8, 4) is 11.3 Å². The number of aliphatic carboxylic acids is 1. The minimum absolute atomic E-state index is 0.265. The number of carboxylic acids is 1. The lowest BCUT2D eigenvalue weighted by Gasteiger charge is -2.20. The second kappa shape index (κ2) is 14.2. The molecule has 9 nitrogen and oxygen atoms in total. The van der Waals surface area contributed by atoms with Gasteiger partial charge in [-0.2, -0.15) is 30.6 Å². The van der Waals surface area contributed by atoms with Crippen molar-refractivity contribution in [3.05, 3.63) is 54.5 Å². The maximum absolute atomic E-state index is 12.5. The van der Waals surface area contributed by atoms with E-state index in [0.717, 1.165) is 45.6 Å². The van der Waals surface area contributed by atoms with Crippen molar-refractivity contribution in [2.24, 2.45) is 0 Å². The van der Waals surface area contributed by atoms with Gasteiger partial charge in [-0.15, -0.1) is 0 Å². The van der Waals surface area contributed by atoms with Crippen LogP contribution < -0.4 is 4.72 Å². The molecule has 0 bridgehead atoms. The number of hydrogen-bond donors (Lipinski definition) is 3. The van der Waals surface area contributed by atoms with E-state index in [1.165, 1.54) is 14.1 Å². The normalized spacial score (nSPS) is 12.7. The SMILES string of the molecule is CCC(=O)CCCCC[C@H](NS(=O)(=O)N(C)C)c1ncc(-c2ccc3ccccc3c2)[nH]1.O=C(O)C(F)(F)F. The third-order valence-electron chi connectivity index (χ3n) is 5.84. The van der Waals surface area contributed by atoms with E-state index < -0.39 is 28.4 Å². The Morgan fingerprint density at radius 3 is 2.31 bits per heavy atom. The molecule has 0 unspecified atom stereocenters. The summed E-state index contributed by atoms with van der Waals surface area (Å²) in [6.45, 7) is 1.87. The molecule has 1 heterocycles. The van der Waals surface area contributed by atoms with E-state index in [4.69, 9.17) is 9.90 Å². The Labute approximate surface area is 225 Å². The van der Waals surface area contributed by atoms with Crippen LogP contribution in [-0.4, -0.2) is 59.8 Å². The molecule has 0 aliphatic heterocycles. The largest absolute Gasteiger partial charge is 0.490 e. The maximum Gasteiger partial charge on any atom is 0.490 e. The number of H-pyrrole nitrogens is 1. The van der Waals surface area contributed by atoms with Gasteiger partial charge in [0.2, 0.25) is 0 Å². The molecule has 214 valence electrons. The van der Waals surface area contributed by atoms with Gasteiger partial charge in [0, 0.05) is 32.5 Å². The molecule has 0 aliphatic rings. The van der Waals surface area contributed by atoms with Crippen LogP contribution in [0.15, 0.2) is 48.7 Å². The average Bonchev–Trinajstić information content (AvgIpc) is 3.37. The van der Waals surface area contributed by atoms with Gasteiger partial charge in [0.1, 0.15) is 11.6 Å². The number of aromatic amines is 1. The number of aromatic nitrogens is 2. The first-order chi connectivity index (χ1) is 18.2. The maximum atomic E-state index is 12.5. The van der Waals surface area contributed by atoms with Crippen molar-refractivity contribution in [3.63, 3.8) is 0 Å². The first-order valence-electron chi connectivity index (χ1n) is 12.3. The van der Waals surface area contributed by atoms with Gasteiger partial charge in [0.15, 0.2) is 0 Å². The minimum atomic E-state index is -5.08. The number of Topliss-reactive ketones (excluding diaryl/α,β-unsaturated/α-hetero) is 1. The van der Waals surface area contributed by atoms with Crippen molar-refractivity contribution in [2.45, 2.75) is 57.7 Å². The molecule has 3 rings (SSSR count). The Morgan fingerprint density at radius 1 is 1.08 bits per heavy atom. The molecule has 3 N–H and O–H groups in total. The number of nitrogens with zero attached hydrogens (tertiary/aromatic N) is 2.